The highest BCUT2D eigenvalue weighted by molar-refractivity contribution is 7.89. The van der Waals surface area contributed by atoms with Crippen LogP contribution in [-0.4, -0.2) is 27.7 Å². The summed E-state index contributed by atoms with van der Waals surface area (Å²) in [5.74, 6) is 0.997. The molecule has 2 heterocycles. The fourth-order valence-electron chi connectivity index (χ4n) is 3.31. The molecule has 2 aromatic carbocycles. The Kier molecular flexibility index (Phi) is 6.76. The number of sulfonamides is 1. The van der Waals surface area contributed by atoms with Crippen molar-refractivity contribution in [1.29, 1.82) is 0 Å². The highest BCUT2D eigenvalue weighted by atomic mass is 35.5. The Balaban J connectivity index is 1.56. The summed E-state index contributed by atoms with van der Waals surface area (Å²) in [4.78, 5) is 0.00427. The number of aromatic nitrogens is 4. The largest absolute Gasteiger partial charge is 0.424 e. The van der Waals surface area contributed by atoms with Crippen LogP contribution in [0.2, 0.25) is 10.0 Å². The van der Waals surface area contributed by atoms with Crippen molar-refractivity contribution < 1.29 is 13.2 Å². The van der Waals surface area contributed by atoms with Crippen LogP contribution in [0.4, 0.5) is 0 Å². The van der Waals surface area contributed by atoms with Gasteiger partial charge < -0.3 is 9.30 Å². The Morgan fingerprint density at radius 2 is 1.79 bits per heavy atom. The van der Waals surface area contributed by atoms with Gasteiger partial charge in [0.15, 0.2) is 5.82 Å². The van der Waals surface area contributed by atoms with Crippen molar-refractivity contribution in [3.8, 4) is 17.4 Å². The van der Waals surface area contributed by atoms with Crippen LogP contribution in [0.5, 0.6) is 11.8 Å². The Bertz CT molecular complexity index is 1370. The van der Waals surface area contributed by atoms with E-state index in [1.54, 1.807) is 11.5 Å². The predicted molar refractivity (Wildman–Crippen MR) is 127 cm³/mol. The van der Waals surface area contributed by atoms with Gasteiger partial charge in [-0.2, -0.15) is 0 Å². The molecule has 1 unspecified atom stereocenters. The first-order valence-corrected chi connectivity index (χ1v) is 12.3. The number of ether oxygens (including phenoxy) is 1. The van der Waals surface area contributed by atoms with Crippen LogP contribution in [0, 0.1) is 0 Å². The van der Waals surface area contributed by atoms with Crippen molar-refractivity contribution in [3.05, 3.63) is 82.9 Å². The summed E-state index contributed by atoms with van der Waals surface area (Å²) in [6, 6.07) is 15.1. The fourth-order valence-corrected chi connectivity index (χ4v) is 4.90. The molecule has 0 radical (unpaired) electrons. The smallest absolute Gasteiger partial charge is 0.322 e. The number of benzene rings is 2. The second-order valence-electron chi connectivity index (χ2n) is 7.19. The summed E-state index contributed by atoms with van der Waals surface area (Å²) in [6.45, 7) is 4.06. The lowest BCUT2D eigenvalue weighted by Crippen LogP contribution is -2.29. The van der Waals surface area contributed by atoms with Crippen LogP contribution in [-0.2, 0) is 16.6 Å². The van der Waals surface area contributed by atoms with Crippen molar-refractivity contribution in [2.24, 2.45) is 0 Å². The van der Waals surface area contributed by atoms with E-state index in [1.807, 2.05) is 60.3 Å². The maximum absolute atomic E-state index is 12.8. The number of halogens is 2. The fraction of sp³-hybridized carbons (Fsp3) is 0.182. The van der Waals surface area contributed by atoms with Crippen LogP contribution in [0.25, 0.3) is 5.69 Å². The van der Waals surface area contributed by atoms with E-state index in [9.17, 15) is 8.42 Å². The zero-order valence-electron chi connectivity index (χ0n) is 17.8. The molecule has 11 heteroatoms. The minimum atomic E-state index is -3.87. The predicted octanol–water partition coefficient (Wildman–Crippen LogP) is 5.23. The van der Waals surface area contributed by atoms with Gasteiger partial charge in [0.25, 0.3) is 0 Å². The van der Waals surface area contributed by atoms with Gasteiger partial charge in [-0.25, -0.2) is 13.1 Å². The highest BCUT2D eigenvalue weighted by Gasteiger charge is 2.24. The third kappa shape index (κ3) is 5.06. The molecule has 0 saturated heterocycles. The molecule has 0 aliphatic heterocycles. The molecule has 4 rings (SSSR count). The molecule has 0 saturated carbocycles. The van der Waals surface area contributed by atoms with Crippen LogP contribution in [0.3, 0.4) is 0 Å². The van der Waals surface area contributed by atoms with Gasteiger partial charge in [-0.05, 0) is 56.3 Å². The van der Waals surface area contributed by atoms with E-state index < -0.39 is 16.1 Å². The first kappa shape index (κ1) is 23.3. The molecule has 172 valence electrons. The summed E-state index contributed by atoms with van der Waals surface area (Å²) in [7, 11) is -3.87. The second-order valence-corrected chi connectivity index (χ2v) is 9.72. The third-order valence-corrected chi connectivity index (χ3v) is 7.19. The topological polar surface area (TPSA) is 91.0 Å². The molecular formula is C22H21Cl2N5O3S. The quantitative estimate of drug-likeness (QED) is 0.354. The first-order valence-electron chi connectivity index (χ1n) is 10.1. The number of rotatable bonds is 8. The molecule has 2 aromatic heterocycles. The number of hydrogen-bond acceptors (Lipinski definition) is 5. The highest BCUT2D eigenvalue weighted by Crippen LogP contribution is 2.27. The van der Waals surface area contributed by atoms with Crippen LogP contribution in [0.1, 0.15) is 25.7 Å². The standard InChI is InChI=1S/C22H21Cl2N5O3S/c1-3-29-21(15(2)27-33(30,31)18-9-10-19(23)20(24)14-18)25-26-22(29)32-17-8-6-7-16(13-17)28-11-4-5-12-28/h4-15,27H,3H2,1-2H3. The minimum Gasteiger partial charge on any atom is -0.424 e. The van der Waals surface area contributed by atoms with Gasteiger partial charge in [0.1, 0.15) is 5.75 Å². The van der Waals surface area contributed by atoms with E-state index in [0.29, 0.717) is 18.1 Å². The molecule has 1 N–H and O–H groups in total. The lowest BCUT2D eigenvalue weighted by Gasteiger charge is -2.16. The van der Waals surface area contributed by atoms with Gasteiger partial charge >= 0.3 is 6.01 Å². The molecule has 33 heavy (non-hydrogen) atoms. The average molecular weight is 506 g/mol. The molecule has 0 aliphatic rings. The van der Waals surface area contributed by atoms with Gasteiger partial charge in [-0.15, -0.1) is 5.10 Å². The lowest BCUT2D eigenvalue weighted by atomic mass is 10.3. The molecule has 0 aliphatic carbocycles. The van der Waals surface area contributed by atoms with E-state index in [4.69, 9.17) is 27.9 Å². The number of nitrogens with zero attached hydrogens (tertiary/aromatic N) is 4. The normalized spacial score (nSPS) is 12.6. The molecular weight excluding hydrogens is 485 g/mol. The van der Waals surface area contributed by atoms with E-state index in [2.05, 4.69) is 14.9 Å². The van der Waals surface area contributed by atoms with Crippen molar-refractivity contribution in [2.75, 3.05) is 0 Å². The molecule has 8 nitrogen and oxygen atoms in total. The van der Waals surface area contributed by atoms with E-state index in [-0.39, 0.29) is 21.0 Å². The summed E-state index contributed by atoms with van der Waals surface area (Å²) in [5.41, 5.74) is 0.933. The summed E-state index contributed by atoms with van der Waals surface area (Å²) >= 11 is 11.9. The van der Waals surface area contributed by atoms with E-state index in [0.717, 1.165) is 5.69 Å². The third-order valence-electron chi connectivity index (χ3n) is 4.91. The van der Waals surface area contributed by atoms with Gasteiger partial charge in [0.2, 0.25) is 10.0 Å². The van der Waals surface area contributed by atoms with Crippen molar-refractivity contribution >= 4 is 33.2 Å². The maximum atomic E-state index is 12.8. The van der Waals surface area contributed by atoms with Crippen molar-refractivity contribution in [1.82, 2.24) is 24.1 Å². The maximum Gasteiger partial charge on any atom is 0.322 e. The van der Waals surface area contributed by atoms with Crippen LogP contribution >= 0.6 is 23.2 Å². The molecule has 0 fully saturated rings. The Hall–Kier alpha value is -2.85. The molecule has 0 spiro atoms. The van der Waals surface area contributed by atoms with Gasteiger partial charge in [-0.1, -0.05) is 34.4 Å². The van der Waals surface area contributed by atoms with Crippen molar-refractivity contribution in [3.63, 3.8) is 0 Å². The van der Waals surface area contributed by atoms with Crippen molar-refractivity contribution in [2.45, 2.75) is 31.3 Å². The Morgan fingerprint density at radius 3 is 2.48 bits per heavy atom. The zero-order chi connectivity index (χ0) is 23.6. The SMILES string of the molecule is CCn1c(Oc2cccc(-n3cccc3)c2)nnc1C(C)NS(=O)(=O)c1ccc(Cl)c(Cl)c1. The summed E-state index contributed by atoms with van der Waals surface area (Å²) < 4.78 is 37.9. The number of nitrogens with one attached hydrogen (secondary N) is 1. The average Bonchev–Trinajstić information content (AvgIpc) is 3.45. The molecule has 1 atom stereocenters. The lowest BCUT2D eigenvalue weighted by molar-refractivity contribution is 0.407. The Labute approximate surface area is 201 Å². The van der Waals surface area contributed by atoms with Gasteiger partial charge in [0, 0.05) is 30.7 Å². The number of hydrogen-bond donors (Lipinski definition) is 1. The van der Waals surface area contributed by atoms with Gasteiger partial charge in [0.05, 0.1) is 21.0 Å². The Morgan fingerprint density at radius 1 is 1.03 bits per heavy atom. The zero-order valence-corrected chi connectivity index (χ0v) is 20.1. The summed E-state index contributed by atoms with van der Waals surface area (Å²) in [5, 5.41) is 8.74. The van der Waals surface area contributed by atoms with Crippen LogP contribution in [0.15, 0.2) is 71.9 Å². The van der Waals surface area contributed by atoms with E-state index in [1.165, 1.54) is 18.2 Å². The molecule has 4 aromatic rings. The minimum absolute atomic E-state index is 0.00427. The molecule has 0 bridgehead atoms. The first-order chi connectivity index (χ1) is 15.8. The second kappa shape index (κ2) is 9.56. The summed E-state index contributed by atoms with van der Waals surface area (Å²) in [6.07, 6.45) is 3.88. The van der Waals surface area contributed by atoms with Crippen LogP contribution < -0.4 is 9.46 Å². The monoisotopic (exact) mass is 505 g/mol. The van der Waals surface area contributed by atoms with E-state index >= 15 is 0 Å². The van der Waals surface area contributed by atoms with Gasteiger partial charge in [-0.3, -0.25) is 4.57 Å². The molecule has 0 amide bonds.